The molecule has 20 heavy (non-hydrogen) atoms. The Morgan fingerprint density at radius 1 is 1.40 bits per heavy atom. The highest BCUT2D eigenvalue weighted by atomic mass is 35.5. The number of amides is 1. The summed E-state index contributed by atoms with van der Waals surface area (Å²) in [4.78, 5) is 24.2. The van der Waals surface area contributed by atoms with Gasteiger partial charge in [0.15, 0.2) is 0 Å². The van der Waals surface area contributed by atoms with Crippen LogP contribution < -0.4 is 0 Å². The van der Waals surface area contributed by atoms with Crippen LogP contribution in [0.3, 0.4) is 0 Å². The third-order valence-corrected chi connectivity index (χ3v) is 3.40. The zero-order chi connectivity index (χ0) is 14.9. The molecule has 1 saturated heterocycles. The lowest BCUT2D eigenvalue weighted by Gasteiger charge is -2.35. The van der Waals surface area contributed by atoms with Crippen molar-refractivity contribution in [1.82, 2.24) is 4.90 Å². The number of nitro benzene ring substituents is 1. The molecule has 2 atom stereocenters. The van der Waals surface area contributed by atoms with Gasteiger partial charge < -0.3 is 9.64 Å². The Morgan fingerprint density at radius 3 is 2.50 bits per heavy atom. The first-order chi connectivity index (χ1) is 9.38. The number of carbonyl (C=O) groups is 1. The van der Waals surface area contributed by atoms with Crippen molar-refractivity contribution < 1.29 is 14.5 Å². The van der Waals surface area contributed by atoms with E-state index in [4.69, 9.17) is 16.3 Å². The molecule has 1 heterocycles. The average molecular weight is 299 g/mol. The molecule has 0 aromatic heterocycles. The van der Waals surface area contributed by atoms with Crippen LogP contribution in [0.2, 0.25) is 5.02 Å². The SMILES string of the molecule is CC1CN(C(=O)c2ccc([N+](=O)[O-])c(Cl)c2)CC(C)O1. The third kappa shape index (κ3) is 3.08. The van der Waals surface area contributed by atoms with Gasteiger partial charge in [-0.2, -0.15) is 0 Å². The Balaban J connectivity index is 2.21. The normalized spacial score (nSPS) is 22.6. The predicted molar refractivity (Wildman–Crippen MR) is 74.0 cm³/mol. The maximum absolute atomic E-state index is 12.4. The van der Waals surface area contributed by atoms with Gasteiger partial charge in [0, 0.05) is 24.7 Å². The van der Waals surface area contributed by atoms with Crippen molar-refractivity contribution in [2.24, 2.45) is 0 Å². The molecule has 1 aliphatic heterocycles. The molecule has 7 heteroatoms. The number of nitrogens with zero attached hydrogens (tertiary/aromatic N) is 2. The Hall–Kier alpha value is -1.66. The maximum atomic E-state index is 12.4. The van der Waals surface area contributed by atoms with E-state index in [1.54, 1.807) is 4.90 Å². The highest BCUT2D eigenvalue weighted by Gasteiger charge is 2.27. The molecule has 0 radical (unpaired) electrons. The molecule has 1 aromatic carbocycles. The number of halogens is 1. The molecular weight excluding hydrogens is 284 g/mol. The monoisotopic (exact) mass is 298 g/mol. The van der Waals surface area contributed by atoms with Gasteiger partial charge in [0.05, 0.1) is 17.1 Å². The maximum Gasteiger partial charge on any atom is 0.287 e. The van der Waals surface area contributed by atoms with E-state index in [0.29, 0.717) is 18.7 Å². The van der Waals surface area contributed by atoms with Gasteiger partial charge in [-0.3, -0.25) is 14.9 Å². The zero-order valence-electron chi connectivity index (χ0n) is 11.2. The molecule has 1 aromatic rings. The molecule has 1 aliphatic rings. The molecule has 2 rings (SSSR count). The number of carbonyl (C=O) groups excluding carboxylic acids is 1. The fourth-order valence-electron chi connectivity index (χ4n) is 2.31. The fourth-order valence-corrected chi connectivity index (χ4v) is 2.56. The van der Waals surface area contributed by atoms with Crippen molar-refractivity contribution in [1.29, 1.82) is 0 Å². The van der Waals surface area contributed by atoms with Crippen LogP contribution in [0, 0.1) is 10.1 Å². The van der Waals surface area contributed by atoms with Crippen molar-refractivity contribution in [3.8, 4) is 0 Å². The van der Waals surface area contributed by atoms with Crippen LogP contribution in [0.1, 0.15) is 24.2 Å². The van der Waals surface area contributed by atoms with Crippen molar-refractivity contribution >= 4 is 23.2 Å². The first kappa shape index (κ1) is 14.7. The van der Waals surface area contributed by atoms with Gasteiger partial charge in [0.1, 0.15) is 5.02 Å². The number of benzene rings is 1. The Morgan fingerprint density at radius 2 is 2.00 bits per heavy atom. The molecule has 1 amide bonds. The summed E-state index contributed by atoms with van der Waals surface area (Å²) in [5.41, 5.74) is 0.147. The molecular formula is C13H15ClN2O4. The lowest BCUT2D eigenvalue weighted by atomic mass is 10.1. The van der Waals surface area contributed by atoms with E-state index in [9.17, 15) is 14.9 Å². The van der Waals surface area contributed by atoms with Crippen LogP contribution in [-0.2, 0) is 4.74 Å². The number of hydrogen-bond donors (Lipinski definition) is 0. The fraction of sp³-hybridized carbons (Fsp3) is 0.462. The number of hydrogen-bond acceptors (Lipinski definition) is 4. The molecule has 0 saturated carbocycles. The van der Waals surface area contributed by atoms with Gasteiger partial charge in [-0.05, 0) is 26.0 Å². The van der Waals surface area contributed by atoms with E-state index in [1.807, 2.05) is 13.8 Å². The quantitative estimate of drug-likeness (QED) is 0.621. The average Bonchev–Trinajstić information content (AvgIpc) is 2.36. The van der Waals surface area contributed by atoms with E-state index in [-0.39, 0.29) is 28.8 Å². The van der Waals surface area contributed by atoms with E-state index in [0.717, 1.165) is 0 Å². The second kappa shape index (κ2) is 5.76. The molecule has 108 valence electrons. The van der Waals surface area contributed by atoms with Crippen LogP contribution in [0.5, 0.6) is 0 Å². The lowest BCUT2D eigenvalue weighted by molar-refractivity contribution is -0.384. The van der Waals surface area contributed by atoms with E-state index < -0.39 is 4.92 Å². The minimum Gasteiger partial charge on any atom is -0.372 e. The molecule has 0 aliphatic carbocycles. The van der Waals surface area contributed by atoms with Crippen molar-refractivity contribution in [3.05, 3.63) is 38.9 Å². The summed E-state index contributed by atoms with van der Waals surface area (Å²) in [6, 6.07) is 4.02. The van der Waals surface area contributed by atoms with Crippen LogP contribution >= 0.6 is 11.6 Å². The van der Waals surface area contributed by atoms with Crippen molar-refractivity contribution in [3.63, 3.8) is 0 Å². The molecule has 0 bridgehead atoms. The summed E-state index contributed by atoms with van der Waals surface area (Å²) in [6.07, 6.45) is -0.0626. The van der Waals surface area contributed by atoms with Gasteiger partial charge in [-0.1, -0.05) is 11.6 Å². The first-order valence-electron chi connectivity index (χ1n) is 6.27. The number of rotatable bonds is 2. The molecule has 0 N–H and O–H groups in total. The molecule has 0 spiro atoms. The van der Waals surface area contributed by atoms with Gasteiger partial charge in [0.2, 0.25) is 0 Å². The summed E-state index contributed by atoms with van der Waals surface area (Å²) < 4.78 is 5.57. The largest absolute Gasteiger partial charge is 0.372 e. The second-order valence-electron chi connectivity index (χ2n) is 4.89. The summed E-state index contributed by atoms with van der Waals surface area (Å²) in [6.45, 7) is 4.80. The summed E-state index contributed by atoms with van der Waals surface area (Å²) >= 11 is 5.83. The topological polar surface area (TPSA) is 72.7 Å². The standard InChI is InChI=1S/C13H15ClN2O4/c1-8-6-15(7-9(2)20-8)13(17)10-3-4-12(16(18)19)11(14)5-10/h3-5,8-9H,6-7H2,1-2H3. The van der Waals surface area contributed by atoms with E-state index >= 15 is 0 Å². The van der Waals surface area contributed by atoms with E-state index in [2.05, 4.69) is 0 Å². The van der Waals surface area contributed by atoms with Crippen LogP contribution in [0.25, 0.3) is 0 Å². The lowest BCUT2D eigenvalue weighted by Crippen LogP contribution is -2.48. The second-order valence-corrected chi connectivity index (χ2v) is 5.30. The highest BCUT2D eigenvalue weighted by Crippen LogP contribution is 2.26. The summed E-state index contributed by atoms with van der Waals surface area (Å²) in [5, 5.41) is 10.7. The number of nitro groups is 1. The molecule has 6 nitrogen and oxygen atoms in total. The minimum absolute atomic E-state index is 0.0313. The predicted octanol–water partition coefficient (Wildman–Crippen LogP) is 2.50. The third-order valence-electron chi connectivity index (χ3n) is 3.10. The molecule has 2 unspecified atom stereocenters. The van der Waals surface area contributed by atoms with Gasteiger partial charge in [0.25, 0.3) is 11.6 Å². The van der Waals surface area contributed by atoms with Gasteiger partial charge in [-0.15, -0.1) is 0 Å². The summed E-state index contributed by atoms with van der Waals surface area (Å²) in [5.74, 6) is -0.191. The smallest absolute Gasteiger partial charge is 0.287 e. The van der Waals surface area contributed by atoms with Crippen molar-refractivity contribution in [2.45, 2.75) is 26.1 Å². The van der Waals surface area contributed by atoms with Crippen LogP contribution in [0.4, 0.5) is 5.69 Å². The van der Waals surface area contributed by atoms with Crippen molar-refractivity contribution in [2.75, 3.05) is 13.1 Å². The highest BCUT2D eigenvalue weighted by molar-refractivity contribution is 6.33. The Bertz CT molecular complexity index is 539. The Kier molecular flexibility index (Phi) is 4.25. The first-order valence-corrected chi connectivity index (χ1v) is 6.65. The van der Waals surface area contributed by atoms with E-state index in [1.165, 1.54) is 18.2 Å². The zero-order valence-corrected chi connectivity index (χ0v) is 12.0. The number of morpholine rings is 1. The van der Waals surface area contributed by atoms with Gasteiger partial charge in [-0.25, -0.2) is 0 Å². The van der Waals surface area contributed by atoms with Gasteiger partial charge >= 0.3 is 0 Å². The Labute approximate surface area is 121 Å². The molecule has 1 fully saturated rings. The van der Waals surface area contributed by atoms with Crippen LogP contribution in [0.15, 0.2) is 18.2 Å². The number of ether oxygens (including phenoxy) is 1. The minimum atomic E-state index is -0.574. The van der Waals surface area contributed by atoms with Crippen LogP contribution in [-0.4, -0.2) is 41.0 Å². The summed E-state index contributed by atoms with van der Waals surface area (Å²) in [7, 11) is 0.